The summed E-state index contributed by atoms with van der Waals surface area (Å²) in [5, 5.41) is 6.25. The number of hydrazine groups is 1. The zero-order valence-corrected chi connectivity index (χ0v) is 18.1. The third kappa shape index (κ3) is 4.33. The molecule has 11 nitrogen and oxygen atoms in total. The van der Waals surface area contributed by atoms with Crippen LogP contribution in [0.1, 0.15) is 33.1 Å². The van der Waals surface area contributed by atoms with Gasteiger partial charge in [0.25, 0.3) is 11.8 Å². The molecule has 1 unspecified atom stereocenters. The second kappa shape index (κ2) is 8.65. The molecule has 3 aliphatic heterocycles. The van der Waals surface area contributed by atoms with Crippen LogP contribution in [0.15, 0.2) is 18.2 Å². The maximum Gasteiger partial charge on any atom is 0.344 e. The smallest absolute Gasteiger partial charge is 0.344 e. The van der Waals surface area contributed by atoms with Crippen molar-refractivity contribution in [3.8, 4) is 11.5 Å². The molecule has 0 spiro atoms. The zero-order valence-electron chi connectivity index (χ0n) is 18.1. The van der Waals surface area contributed by atoms with Crippen LogP contribution in [0.25, 0.3) is 0 Å². The molecular formula is C21H27N5O6. The van der Waals surface area contributed by atoms with Crippen LogP contribution < -0.4 is 25.5 Å². The van der Waals surface area contributed by atoms with Crippen LogP contribution in [0, 0.1) is 5.92 Å². The molecule has 0 aliphatic carbocycles. The number of likely N-dealkylation sites (tertiary alicyclic amines) is 1. The first-order valence-electron chi connectivity index (χ1n) is 10.7. The average Bonchev–Trinajstić information content (AvgIpc) is 3.32. The number of urea groups is 1. The van der Waals surface area contributed by atoms with Crippen molar-refractivity contribution in [3.63, 3.8) is 0 Å². The first-order valence-corrected chi connectivity index (χ1v) is 10.7. The van der Waals surface area contributed by atoms with Gasteiger partial charge in [-0.3, -0.25) is 24.7 Å². The summed E-state index contributed by atoms with van der Waals surface area (Å²) in [5.41, 5.74) is 2.03. The molecule has 3 N–H and O–H groups in total. The number of carbonyl (C=O) groups is 4. The molecule has 4 rings (SSSR count). The van der Waals surface area contributed by atoms with E-state index < -0.39 is 23.4 Å². The summed E-state index contributed by atoms with van der Waals surface area (Å²) < 4.78 is 10.6. The Labute approximate surface area is 185 Å². The topological polar surface area (TPSA) is 129 Å². The van der Waals surface area contributed by atoms with E-state index in [1.165, 1.54) is 0 Å². The predicted octanol–water partition coefficient (Wildman–Crippen LogP) is 0.818. The molecule has 3 aliphatic rings. The minimum Gasteiger partial charge on any atom is -0.454 e. The maximum atomic E-state index is 12.6. The van der Waals surface area contributed by atoms with E-state index >= 15 is 0 Å². The Bertz CT molecular complexity index is 945. The second-order valence-corrected chi connectivity index (χ2v) is 8.40. The third-order valence-corrected chi connectivity index (χ3v) is 6.17. The Hall–Kier alpha value is -3.34. The van der Waals surface area contributed by atoms with Gasteiger partial charge in [0, 0.05) is 17.7 Å². The standard InChI is InChI=1S/C21H27N5O6/c1-3-21(2)19(29)26(20(30)23-21)24-17(27)11-25-8-6-13(7-9-25)18(28)22-14-4-5-15-16(10-14)32-12-31-15/h4-5,10,13H,3,6-9,11-12H2,1-2H3,(H,22,28)(H,23,30)(H,24,27). The number of fused-ring (bicyclic) bond motifs is 1. The van der Waals surface area contributed by atoms with E-state index in [2.05, 4.69) is 16.1 Å². The van der Waals surface area contributed by atoms with E-state index in [1.54, 1.807) is 32.0 Å². The second-order valence-electron chi connectivity index (χ2n) is 8.40. The van der Waals surface area contributed by atoms with Gasteiger partial charge in [-0.05, 0) is 51.4 Å². The number of carbonyl (C=O) groups excluding carboxylic acids is 4. The van der Waals surface area contributed by atoms with E-state index in [0.717, 1.165) is 5.01 Å². The number of ether oxygens (including phenoxy) is 2. The lowest BCUT2D eigenvalue weighted by Crippen LogP contribution is -2.52. The zero-order chi connectivity index (χ0) is 22.9. The van der Waals surface area contributed by atoms with Crippen molar-refractivity contribution in [2.45, 2.75) is 38.6 Å². The van der Waals surface area contributed by atoms with E-state index in [1.807, 2.05) is 4.90 Å². The SMILES string of the molecule is CCC1(C)NC(=O)N(NC(=O)CN2CCC(C(=O)Nc3ccc4c(c3)OCO4)CC2)C1=O. The monoisotopic (exact) mass is 445 g/mol. The lowest BCUT2D eigenvalue weighted by molar-refractivity contribution is -0.139. The number of piperidine rings is 1. The van der Waals surface area contributed by atoms with Crippen molar-refractivity contribution in [1.82, 2.24) is 20.7 Å². The highest BCUT2D eigenvalue weighted by Crippen LogP contribution is 2.34. The highest BCUT2D eigenvalue weighted by atomic mass is 16.7. The van der Waals surface area contributed by atoms with Gasteiger partial charge in [-0.2, -0.15) is 5.01 Å². The van der Waals surface area contributed by atoms with E-state index in [9.17, 15) is 19.2 Å². The molecule has 172 valence electrons. The summed E-state index contributed by atoms with van der Waals surface area (Å²) >= 11 is 0. The maximum absolute atomic E-state index is 12.6. The van der Waals surface area contributed by atoms with Gasteiger partial charge in [0.15, 0.2) is 11.5 Å². The van der Waals surface area contributed by atoms with Gasteiger partial charge in [0.05, 0.1) is 6.54 Å². The summed E-state index contributed by atoms with van der Waals surface area (Å²) in [6.45, 7) is 4.73. The van der Waals surface area contributed by atoms with Crippen LogP contribution in [0.4, 0.5) is 10.5 Å². The van der Waals surface area contributed by atoms with Crippen molar-refractivity contribution >= 4 is 29.4 Å². The van der Waals surface area contributed by atoms with Crippen LogP contribution in [-0.4, -0.2) is 65.6 Å². The molecule has 1 aromatic rings. The molecule has 2 fully saturated rings. The molecule has 5 amide bonds. The minimum atomic E-state index is -1.01. The normalized spacial score (nSPS) is 23.2. The van der Waals surface area contributed by atoms with Gasteiger partial charge in [-0.1, -0.05) is 6.92 Å². The highest BCUT2D eigenvalue weighted by Gasteiger charge is 2.47. The quantitative estimate of drug-likeness (QED) is 0.553. The van der Waals surface area contributed by atoms with Crippen molar-refractivity contribution in [3.05, 3.63) is 18.2 Å². The van der Waals surface area contributed by atoms with Crippen molar-refractivity contribution in [1.29, 1.82) is 0 Å². The molecule has 0 radical (unpaired) electrons. The molecule has 2 saturated heterocycles. The van der Waals surface area contributed by atoms with Gasteiger partial charge in [-0.25, -0.2) is 4.79 Å². The van der Waals surface area contributed by atoms with Crippen molar-refractivity contribution in [2.75, 3.05) is 31.7 Å². The first kappa shape index (κ1) is 21.9. The van der Waals surface area contributed by atoms with Crippen LogP contribution >= 0.6 is 0 Å². The van der Waals surface area contributed by atoms with Crippen molar-refractivity contribution < 1.29 is 28.7 Å². The van der Waals surface area contributed by atoms with Gasteiger partial charge in [0.1, 0.15) is 5.54 Å². The lowest BCUT2D eigenvalue weighted by atomic mass is 9.96. The molecule has 1 atom stereocenters. The number of nitrogens with one attached hydrogen (secondary N) is 3. The van der Waals surface area contributed by atoms with Gasteiger partial charge in [0.2, 0.25) is 12.7 Å². The van der Waals surface area contributed by atoms with Crippen LogP contribution in [0.3, 0.4) is 0 Å². The molecule has 11 heteroatoms. The molecule has 1 aromatic carbocycles. The Morgan fingerprint density at radius 1 is 1.19 bits per heavy atom. The van der Waals surface area contributed by atoms with Crippen LogP contribution in [0.2, 0.25) is 0 Å². The number of nitrogens with zero attached hydrogens (tertiary/aromatic N) is 2. The number of amides is 5. The number of imide groups is 1. The van der Waals surface area contributed by atoms with Gasteiger partial charge in [-0.15, -0.1) is 0 Å². The molecule has 0 bridgehead atoms. The molecule has 32 heavy (non-hydrogen) atoms. The Morgan fingerprint density at radius 3 is 2.59 bits per heavy atom. The summed E-state index contributed by atoms with van der Waals surface area (Å²) in [4.78, 5) is 51.3. The van der Waals surface area contributed by atoms with E-state index in [0.29, 0.717) is 49.5 Å². The van der Waals surface area contributed by atoms with E-state index in [4.69, 9.17) is 9.47 Å². The van der Waals surface area contributed by atoms with Gasteiger partial charge < -0.3 is 20.1 Å². The predicted molar refractivity (Wildman–Crippen MR) is 113 cm³/mol. The fraction of sp³-hybridized carbons (Fsp3) is 0.524. The number of hydrogen-bond acceptors (Lipinski definition) is 7. The summed E-state index contributed by atoms with van der Waals surface area (Å²) in [7, 11) is 0. The fourth-order valence-corrected chi connectivity index (χ4v) is 3.96. The number of anilines is 1. The molecule has 0 saturated carbocycles. The highest BCUT2D eigenvalue weighted by molar-refractivity contribution is 6.07. The summed E-state index contributed by atoms with van der Waals surface area (Å²) in [6.07, 6.45) is 1.62. The Morgan fingerprint density at radius 2 is 1.91 bits per heavy atom. The fourth-order valence-electron chi connectivity index (χ4n) is 3.96. The van der Waals surface area contributed by atoms with Crippen molar-refractivity contribution in [2.24, 2.45) is 5.92 Å². The molecule has 0 aromatic heterocycles. The first-order chi connectivity index (χ1) is 15.3. The third-order valence-electron chi connectivity index (χ3n) is 6.17. The Kier molecular flexibility index (Phi) is 5.92. The largest absolute Gasteiger partial charge is 0.454 e. The Balaban J connectivity index is 1.23. The summed E-state index contributed by atoms with van der Waals surface area (Å²) in [5.74, 6) is 0.0894. The minimum absolute atomic E-state index is 0.0381. The number of hydrogen-bond donors (Lipinski definition) is 3. The van der Waals surface area contributed by atoms with Gasteiger partial charge >= 0.3 is 6.03 Å². The summed E-state index contributed by atoms with van der Waals surface area (Å²) in [6, 6.07) is 4.63. The lowest BCUT2D eigenvalue weighted by Gasteiger charge is -2.31. The van der Waals surface area contributed by atoms with Crippen LogP contribution in [0.5, 0.6) is 11.5 Å². The molecule has 3 heterocycles. The number of benzene rings is 1. The number of rotatable bonds is 6. The van der Waals surface area contributed by atoms with Crippen LogP contribution in [-0.2, 0) is 14.4 Å². The average molecular weight is 445 g/mol. The van der Waals surface area contributed by atoms with E-state index in [-0.39, 0.29) is 25.2 Å². The molecular weight excluding hydrogens is 418 g/mol.